The summed E-state index contributed by atoms with van der Waals surface area (Å²) in [6.45, 7) is 1.27. The van der Waals surface area contributed by atoms with E-state index in [0.717, 1.165) is 0 Å². The van der Waals surface area contributed by atoms with E-state index in [9.17, 15) is 9.90 Å². The second-order valence-electron chi connectivity index (χ2n) is 3.38. The van der Waals surface area contributed by atoms with Crippen LogP contribution in [0.5, 0.6) is 0 Å². The zero-order valence-corrected chi connectivity index (χ0v) is 7.70. The Balaban J connectivity index is 1.90. The Morgan fingerprint density at radius 1 is 1.64 bits per heavy atom. The minimum absolute atomic E-state index is 0.0212. The van der Waals surface area contributed by atoms with Gasteiger partial charge in [0, 0.05) is 19.3 Å². The van der Waals surface area contributed by atoms with Crippen LogP contribution in [0, 0.1) is 0 Å². The lowest BCUT2D eigenvalue weighted by molar-refractivity contribution is -0.131. The van der Waals surface area contributed by atoms with Crippen molar-refractivity contribution >= 4 is 5.91 Å². The Labute approximate surface area is 81.1 Å². The molecule has 1 aromatic rings. The van der Waals surface area contributed by atoms with E-state index in [1.807, 2.05) is 0 Å². The molecule has 6 nitrogen and oxygen atoms in total. The second kappa shape index (κ2) is 3.75. The standard InChI is InChI=1S/C8H12N4O2/c13-7-1-3-11(5-7)8(14)6-12-4-2-9-10-12/h2,4,7,13H,1,3,5-6H2. The number of hydrogen-bond donors (Lipinski definition) is 1. The molecular weight excluding hydrogens is 184 g/mol. The van der Waals surface area contributed by atoms with Crippen molar-refractivity contribution in [2.24, 2.45) is 0 Å². The summed E-state index contributed by atoms with van der Waals surface area (Å²) in [5.41, 5.74) is 0. The predicted octanol–water partition coefficient (Wildman–Crippen LogP) is -1.13. The van der Waals surface area contributed by atoms with Crippen molar-refractivity contribution in [3.8, 4) is 0 Å². The van der Waals surface area contributed by atoms with Crippen LogP contribution in [0.2, 0.25) is 0 Å². The molecule has 0 saturated carbocycles. The van der Waals surface area contributed by atoms with E-state index in [1.54, 1.807) is 11.1 Å². The van der Waals surface area contributed by atoms with E-state index in [2.05, 4.69) is 10.3 Å². The van der Waals surface area contributed by atoms with E-state index >= 15 is 0 Å². The lowest BCUT2D eigenvalue weighted by Crippen LogP contribution is -2.32. The normalized spacial score (nSPS) is 21.5. The monoisotopic (exact) mass is 196 g/mol. The Bertz CT molecular complexity index is 311. The summed E-state index contributed by atoms with van der Waals surface area (Å²) in [6, 6.07) is 0. The number of aromatic nitrogens is 3. The molecule has 1 amide bonds. The number of aliphatic hydroxyl groups is 1. The topological polar surface area (TPSA) is 71.2 Å². The molecule has 0 radical (unpaired) electrons. The summed E-state index contributed by atoms with van der Waals surface area (Å²) >= 11 is 0. The highest BCUT2D eigenvalue weighted by Gasteiger charge is 2.24. The highest BCUT2D eigenvalue weighted by molar-refractivity contribution is 5.76. The molecule has 1 saturated heterocycles. The molecule has 0 bridgehead atoms. The molecule has 1 unspecified atom stereocenters. The second-order valence-corrected chi connectivity index (χ2v) is 3.38. The fourth-order valence-corrected chi connectivity index (χ4v) is 1.52. The molecule has 1 fully saturated rings. The average molecular weight is 196 g/mol. The fourth-order valence-electron chi connectivity index (χ4n) is 1.52. The number of nitrogens with zero attached hydrogens (tertiary/aromatic N) is 4. The molecule has 1 aromatic heterocycles. The van der Waals surface area contributed by atoms with Gasteiger partial charge in [0.15, 0.2) is 0 Å². The van der Waals surface area contributed by atoms with Crippen molar-refractivity contribution in [2.75, 3.05) is 13.1 Å². The molecule has 1 aliphatic heterocycles. The van der Waals surface area contributed by atoms with Crippen molar-refractivity contribution in [1.29, 1.82) is 0 Å². The molecule has 1 atom stereocenters. The summed E-state index contributed by atoms with van der Waals surface area (Å²) < 4.78 is 1.48. The maximum absolute atomic E-state index is 11.6. The van der Waals surface area contributed by atoms with Crippen molar-refractivity contribution in [3.63, 3.8) is 0 Å². The smallest absolute Gasteiger partial charge is 0.244 e. The van der Waals surface area contributed by atoms with Crippen LogP contribution < -0.4 is 0 Å². The van der Waals surface area contributed by atoms with Crippen LogP contribution in [-0.4, -0.2) is 50.1 Å². The number of hydrogen-bond acceptors (Lipinski definition) is 4. The summed E-state index contributed by atoms with van der Waals surface area (Å²) in [4.78, 5) is 13.2. The quantitative estimate of drug-likeness (QED) is 0.649. The Morgan fingerprint density at radius 3 is 3.07 bits per heavy atom. The molecule has 1 N–H and O–H groups in total. The van der Waals surface area contributed by atoms with Crippen molar-refractivity contribution in [2.45, 2.75) is 19.1 Å². The summed E-state index contributed by atoms with van der Waals surface area (Å²) in [6.07, 6.45) is 3.48. The summed E-state index contributed by atoms with van der Waals surface area (Å²) in [5, 5.41) is 16.6. The van der Waals surface area contributed by atoms with Gasteiger partial charge in [-0.05, 0) is 6.42 Å². The van der Waals surface area contributed by atoms with Gasteiger partial charge in [-0.1, -0.05) is 5.21 Å². The first kappa shape index (κ1) is 9.14. The van der Waals surface area contributed by atoms with Gasteiger partial charge >= 0.3 is 0 Å². The lowest BCUT2D eigenvalue weighted by Gasteiger charge is -2.14. The number of carbonyl (C=O) groups excluding carboxylic acids is 1. The third-order valence-electron chi connectivity index (χ3n) is 2.29. The Kier molecular flexibility index (Phi) is 2.45. The number of β-amino-alcohol motifs (C(OH)–C–C–N with tert-alkyl or cyclic N) is 1. The van der Waals surface area contributed by atoms with E-state index < -0.39 is 0 Å². The van der Waals surface area contributed by atoms with Gasteiger partial charge in [-0.15, -0.1) is 5.10 Å². The zero-order chi connectivity index (χ0) is 9.97. The molecule has 0 aliphatic carbocycles. The van der Waals surface area contributed by atoms with Crippen molar-refractivity contribution < 1.29 is 9.90 Å². The van der Waals surface area contributed by atoms with Crippen LogP contribution in [0.15, 0.2) is 12.4 Å². The fraction of sp³-hybridized carbons (Fsp3) is 0.625. The van der Waals surface area contributed by atoms with Gasteiger partial charge in [-0.25, -0.2) is 4.68 Å². The molecule has 1 aliphatic rings. The van der Waals surface area contributed by atoms with Crippen LogP contribution in [0.25, 0.3) is 0 Å². The first-order chi connectivity index (χ1) is 6.75. The molecule has 2 rings (SSSR count). The SMILES string of the molecule is O=C(Cn1ccnn1)N1CCC(O)C1. The highest BCUT2D eigenvalue weighted by atomic mass is 16.3. The van der Waals surface area contributed by atoms with Crippen LogP contribution in [0.1, 0.15) is 6.42 Å². The number of carbonyl (C=O) groups is 1. The van der Waals surface area contributed by atoms with Gasteiger partial charge in [0.25, 0.3) is 0 Å². The lowest BCUT2D eigenvalue weighted by atomic mass is 10.3. The molecule has 6 heteroatoms. The molecule has 14 heavy (non-hydrogen) atoms. The maximum atomic E-state index is 11.6. The van der Waals surface area contributed by atoms with Crippen molar-refractivity contribution in [1.82, 2.24) is 19.9 Å². The Hall–Kier alpha value is -1.43. The van der Waals surface area contributed by atoms with Gasteiger partial charge in [-0.3, -0.25) is 4.79 Å². The van der Waals surface area contributed by atoms with Gasteiger partial charge in [0.1, 0.15) is 6.54 Å². The van der Waals surface area contributed by atoms with Gasteiger partial charge < -0.3 is 10.0 Å². The minimum atomic E-state index is -0.366. The minimum Gasteiger partial charge on any atom is -0.391 e. The predicted molar refractivity (Wildman–Crippen MR) is 47.2 cm³/mol. The molecule has 0 spiro atoms. The van der Waals surface area contributed by atoms with Crippen LogP contribution in [-0.2, 0) is 11.3 Å². The largest absolute Gasteiger partial charge is 0.391 e. The van der Waals surface area contributed by atoms with Crippen molar-refractivity contribution in [3.05, 3.63) is 12.4 Å². The first-order valence-electron chi connectivity index (χ1n) is 4.55. The van der Waals surface area contributed by atoms with Gasteiger partial charge in [0.05, 0.1) is 12.3 Å². The van der Waals surface area contributed by atoms with E-state index in [4.69, 9.17) is 0 Å². The Morgan fingerprint density at radius 2 is 2.50 bits per heavy atom. The first-order valence-corrected chi connectivity index (χ1v) is 4.55. The van der Waals surface area contributed by atoms with Crippen LogP contribution in [0.3, 0.4) is 0 Å². The number of amides is 1. The number of rotatable bonds is 2. The highest BCUT2D eigenvalue weighted by Crippen LogP contribution is 2.08. The number of aliphatic hydroxyl groups excluding tert-OH is 1. The number of likely N-dealkylation sites (tertiary alicyclic amines) is 1. The molecular formula is C8H12N4O2. The summed E-state index contributed by atoms with van der Waals surface area (Å²) in [7, 11) is 0. The van der Waals surface area contributed by atoms with Crippen LogP contribution in [0.4, 0.5) is 0 Å². The van der Waals surface area contributed by atoms with E-state index in [1.165, 1.54) is 10.9 Å². The zero-order valence-electron chi connectivity index (χ0n) is 7.70. The third kappa shape index (κ3) is 1.90. The van der Waals surface area contributed by atoms with E-state index in [-0.39, 0.29) is 18.6 Å². The average Bonchev–Trinajstić information content (AvgIpc) is 2.75. The third-order valence-corrected chi connectivity index (χ3v) is 2.29. The molecule has 2 heterocycles. The van der Waals surface area contributed by atoms with E-state index in [0.29, 0.717) is 19.5 Å². The van der Waals surface area contributed by atoms with Gasteiger partial charge in [-0.2, -0.15) is 0 Å². The van der Waals surface area contributed by atoms with Crippen LogP contribution >= 0.6 is 0 Å². The molecule has 0 aromatic carbocycles. The molecule has 76 valence electrons. The summed E-state index contributed by atoms with van der Waals surface area (Å²) in [5.74, 6) is -0.0212. The maximum Gasteiger partial charge on any atom is 0.244 e. The van der Waals surface area contributed by atoms with Gasteiger partial charge in [0.2, 0.25) is 5.91 Å².